The fourth-order valence-corrected chi connectivity index (χ4v) is 2.41. The van der Waals surface area contributed by atoms with Crippen molar-refractivity contribution in [2.45, 2.75) is 10.7 Å². The molecule has 17 heavy (non-hydrogen) atoms. The molecule has 1 N–H and O–H groups in total. The van der Waals surface area contributed by atoms with E-state index in [9.17, 15) is 14.0 Å². The van der Waals surface area contributed by atoms with Gasteiger partial charge in [0.05, 0.1) is 13.0 Å². The summed E-state index contributed by atoms with van der Waals surface area (Å²) < 4.78 is 18.3. The predicted octanol–water partition coefficient (Wildman–Crippen LogP) is 1.34. The van der Waals surface area contributed by atoms with Crippen LogP contribution in [0.25, 0.3) is 0 Å². The van der Waals surface area contributed by atoms with Crippen molar-refractivity contribution in [2.75, 3.05) is 7.11 Å². The van der Waals surface area contributed by atoms with Crippen molar-refractivity contribution in [3.63, 3.8) is 0 Å². The van der Waals surface area contributed by atoms with Crippen molar-refractivity contribution < 1.29 is 18.7 Å². The molecule has 0 saturated carbocycles. The topological polar surface area (TPSA) is 55.4 Å². The molecular formula is C11H9BrFNO3. The van der Waals surface area contributed by atoms with Crippen molar-refractivity contribution in [3.8, 4) is 5.75 Å². The van der Waals surface area contributed by atoms with Gasteiger partial charge in [-0.25, -0.2) is 4.39 Å². The van der Waals surface area contributed by atoms with E-state index in [2.05, 4.69) is 21.2 Å². The molecule has 0 radical (unpaired) electrons. The fraction of sp³-hybridized carbons (Fsp3) is 0.273. The third kappa shape index (κ3) is 2.04. The maximum Gasteiger partial charge on any atom is 0.241 e. The number of carbonyl (C=O) groups excluding carboxylic acids is 2. The summed E-state index contributed by atoms with van der Waals surface area (Å²) in [5.41, 5.74) is 0.438. The lowest BCUT2D eigenvalue weighted by molar-refractivity contribution is -0.125. The van der Waals surface area contributed by atoms with Gasteiger partial charge in [-0.3, -0.25) is 14.9 Å². The number of rotatable bonds is 2. The van der Waals surface area contributed by atoms with Crippen molar-refractivity contribution in [3.05, 3.63) is 29.6 Å². The molecule has 2 atom stereocenters. The van der Waals surface area contributed by atoms with Crippen LogP contribution in [-0.2, 0) is 9.59 Å². The summed E-state index contributed by atoms with van der Waals surface area (Å²) >= 11 is 3.12. The number of benzene rings is 1. The molecule has 1 heterocycles. The van der Waals surface area contributed by atoms with Crippen LogP contribution in [0.1, 0.15) is 11.5 Å². The van der Waals surface area contributed by atoms with E-state index in [1.54, 1.807) is 6.07 Å². The molecular weight excluding hydrogens is 293 g/mol. The number of methoxy groups -OCH3 is 1. The molecule has 1 fully saturated rings. The third-order valence-corrected chi connectivity index (χ3v) is 3.55. The minimum Gasteiger partial charge on any atom is -0.494 e. The van der Waals surface area contributed by atoms with Crippen LogP contribution in [0.15, 0.2) is 18.2 Å². The summed E-state index contributed by atoms with van der Waals surface area (Å²) in [4.78, 5) is 22.2. The Morgan fingerprint density at radius 3 is 2.53 bits per heavy atom. The first-order chi connectivity index (χ1) is 8.04. The van der Waals surface area contributed by atoms with Crippen LogP contribution in [0.2, 0.25) is 0 Å². The van der Waals surface area contributed by atoms with E-state index < -0.39 is 28.4 Å². The van der Waals surface area contributed by atoms with E-state index >= 15 is 0 Å². The van der Waals surface area contributed by atoms with Crippen LogP contribution in [0, 0.1) is 5.82 Å². The summed E-state index contributed by atoms with van der Waals surface area (Å²) in [6.07, 6.45) is 0. The normalized spacial score (nSPS) is 23.7. The second-order valence-electron chi connectivity index (χ2n) is 3.63. The quantitative estimate of drug-likeness (QED) is 0.662. The van der Waals surface area contributed by atoms with Crippen LogP contribution < -0.4 is 10.1 Å². The molecule has 1 aromatic rings. The molecule has 0 bridgehead atoms. The molecule has 1 aliphatic heterocycles. The highest BCUT2D eigenvalue weighted by molar-refractivity contribution is 9.10. The predicted molar refractivity (Wildman–Crippen MR) is 61.6 cm³/mol. The first-order valence-electron chi connectivity index (χ1n) is 4.87. The first-order valence-corrected chi connectivity index (χ1v) is 5.78. The Balaban J connectivity index is 2.38. The lowest BCUT2D eigenvalue weighted by Gasteiger charge is -2.11. The number of carbonyl (C=O) groups is 2. The van der Waals surface area contributed by atoms with E-state index in [4.69, 9.17) is 4.74 Å². The number of amides is 2. The molecule has 4 nitrogen and oxygen atoms in total. The van der Waals surface area contributed by atoms with Gasteiger partial charge in [0.25, 0.3) is 0 Å². The summed E-state index contributed by atoms with van der Waals surface area (Å²) in [7, 11) is 1.36. The van der Waals surface area contributed by atoms with E-state index in [0.717, 1.165) is 0 Å². The molecule has 2 rings (SSSR count). The summed E-state index contributed by atoms with van der Waals surface area (Å²) in [5.74, 6) is -2.00. The van der Waals surface area contributed by atoms with Gasteiger partial charge in [-0.15, -0.1) is 0 Å². The number of hydrogen-bond donors (Lipinski definition) is 1. The molecule has 90 valence electrons. The molecule has 1 saturated heterocycles. The van der Waals surface area contributed by atoms with Crippen molar-refractivity contribution in [2.24, 2.45) is 0 Å². The van der Waals surface area contributed by atoms with Gasteiger partial charge in [-0.05, 0) is 17.7 Å². The van der Waals surface area contributed by atoms with Gasteiger partial charge in [0, 0.05) is 0 Å². The lowest BCUT2D eigenvalue weighted by Crippen LogP contribution is -2.22. The average molecular weight is 302 g/mol. The second-order valence-corrected chi connectivity index (χ2v) is 4.61. The highest BCUT2D eigenvalue weighted by Gasteiger charge is 2.41. The maximum absolute atomic E-state index is 13.5. The third-order valence-electron chi connectivity index (χ3n) is 2.61. The van der Waals surface area contributed by atoms with Crippen molar-refractivity contribution in [1.82, 2.24) is 5.32 Å². The Kier molecular flexibility index (Phi) is 3.15. The number of alkyl halides is 1. The maximum atomic E-state index is 13.5. The smallest absolute Gasteiger partial charge is 0.241 e. The zero-order valence-electron chi connectivity index (χ0n) is 8.87. The molecule has 6 heteroatoms. The van der Waals surface area contributed by atoms with Crippen LogP contribution in [0.5, 0.6) is 5.75 Å². The fourth-order valence-electron chi connectivity index (χ4n) is 1.75. The number of nitrogens with one attached hydrogen (secondary N) is 1. The second kappa shape index (κ2) is 4.44. The van der Waals surface area contributed by atoms with Gasteiger partial charge in [0.15, 0.2) is 11.6 Å². The minimum absolute atomic E-state index is 0.101. The number of ether oxygens (including phenoxy) is 1. The van der Waals surface area contributed by atoms with Gasteiger partial charge in [0.2, 0.25) is 11.8 Å². The number of hydrogen-bond acceptors (Lipinski definition) is 3. The van der Waals surface area contributed by atoms with Gasteiger partial charge in [-0.2, -0.15) is 0 Å². The van der Waals surface area contributed by atoms with Gasteiger partial charge < -0.3 is 4.74 Å². The molecule has 1 aromatic carbocycles. The Bertz CT molecular complexity index is 492. The number of halogens is 2. The van der Waals surface area contributed by atoms with E-state index in [0.29, 0.717) is 5.56 Å². The molecule has 1 aliphatic rings. The van der Waals surface area contributed by atoms with Crippen molar-refractivity contribution >= 4 is 27.7 Å². The molecule has 0 aliphatic carbocycles. The van der Waals surface area contributed by atoms with Crippen LogP contribution in [0.4, 0.5) is 4.39 Å². The van der Waals surface area contributed by atoms with E-state index in [1.165, 1.54) is 19.2 Å². The summed E-state index contributed by atoms with van der Waals surface area (Å²) in [5, 5.41) is 2.18. The first kappa shape index (κ1) is 12.0. The Morgan fingerprint density at radius 2 is 2.06 bits per heavy atom. The van der Waals surface area contributed by atoms with Crippen LogP contribution >= 0.6 is 15.9 Å². The minimum atomic E-state index is -0.706. The van der Waals surface area contributed by atoms with Crippen molar-refractivity contribution in [1.29, 1.82) is 0 Å². The monoisotopic (exact) mass is 301 g/mol. The van der Waals surface area contributed by atoms with E-state index in [-0.39, 0.29) is 5.75 Å². The molecule has 2 unspecified atom stereocenters. The SMILES string of the molecule is COc1ccc(C2C(=O)NC(=O)C2Br)cc1F. The molecule has 0 spiro atoms. The lowest BCUT2D eigenvalue weighted by atomic mass is 9.97. The zero-order chi connectivity index (χ0) is 12.6. The zero-order valence-corrected chi connectivity index (χ0v) is 10.5. The average Bonchev–Trinajstić information content (AvgIpc) is 2.53. The summed E-state index contributed by atoms with van der Waals surface area (Å²) in [6, 6.07) is 4.20. The largest absolute Gasteiger partial charge is 0.494 e. The van der Waals surface area contributed by atoms with Gasteiger partial charge in [-0.1, -0.05) is 22.0 Å². The standard InChI is InChI=1S/C11H9BrFNO3/c1-17-7-3-2-5(4-6(7)13)8-9(12)11(16)14-10(8)15/h2-4,8-9H,1H3,(H,14,15,16). The highest BCUT2D eigenvalue weighted by Crippen LogP contribution is 2.32. The Morgan fingerprint density at radius 1 is 1.35 bits per heavy atom. The molecule has 0 aromatic heterocycles. The number of imide groups is 1. The summed E-state index contributed by atoms with van der Waals surface area (Å²) in [6.45, 7) is 0. The van der Waals surface area contributed by atoms with Gasteiger partial charge >= 0.3 is 0 Å². The van der Waals surface area contributed by atoms with Crippen LogP contribution in [0.3, 0.4) is 0 Å². The Labute approximate surface area is 105 Å². The molecule has 2 amide bonds. The highest BCUT2D eigenvalue weighted by atomic mass is 79.9. The van der Waals surface area contributed by atoms with E-state index in [1.807, 2.05) is 0 Å². The van der Waals surface area contributed by atoms with Gasteiger partial charge in [0.1, 0.15) is 4.83 Å². The van der Waals surface area contributed by atoms with Crippen LogP contribution in [-0.4, -0.2) is 23.8 Å². The Hall–Kier alpha value is -1.43.